The van der Waals surface area contributed by atoms with Gasteiger partial charge in [0, 0.05) is 25.7 Å². The first-order valence-electron chi connectivity index (χ1n) is 6.63. The molecule has 0 spiro atoms. The van der Waals surface area contributed by atoms with Gasteiger partial charge in [-0.3, -0.25) is 4.79 Å². The van der Waals surface area contributed by atoms with Gasteiger partial charge in [-0.05, 0) is 33.1 Å². The number of sulfonamides is 1. The van der Waals surface area contributed by atoms with E-state index in [0.717, 1.165) is 25.5 Å². The topological polar surface area (TPSA) is 92.5 Å². The molecule has 0 aromatic rings. The Morgan fingerprint density at radius 2 is 2.05 bits per heavy atom. The third-order valence-electron chi connectivity index (χ3n) is 3.56. The fourth-order valence-electron chi connectivity index (χ4n) is 2.20. The van der Waals surface area contributed by atoms with Crippen LogP contribution in [0.15, 0.2) is 0 Å². The molecule has 0 radical (unpaired) electrons. The van der Waals surface area contributed by atoms with Gasteiger partial charge in [-0.2, -0.15) is 0 Å². The molecular weight excluding hydrogens is 266 g/mol. The summed E-state index contributed by atoms with van der Waals surface area (Å²) in [6.45, 7) is 4.90. The second kappa shape index (κ2) is 6.19. The van der Waals surface area contributed by atoms with Crippen LogP contribution in [0.1, 0.15) is 33.1 Å². The Balaban J connectivity index is 2.75. The fraction of sp³-hybridized carbons (Fsp3) is 0.917. The minimum Gasteiger partial charge on any atom is -0.338 e. The van der Waals surface area contributed by atoms with Crippen molar-refractivity contribution < 1.29 is 13.2 Å². The second-order valence-corrected chi connectivity index (χ2v) is 7.69. The summed E-state index contributed by atoms with van der Waals surface area (Å²) in [6.07, 6.45) is 3.94. The van der Waals surface area contributed by atoms with Crippen LogP contribution in [-0.2, 0) is 14.8 Å². The lowest BCUT2D eigenvalue weighted by molar-refractivity contribution is -0.143. The minimum absolute atomic E-state index is 0.00926. The summed E-state index contributed by atoms with van der Waals surface area (Å²) in [7, 11) is -3.23. The Labute approximate surface area is 115 Å². The van der Waals surface area contributed by atoms with Crippen LogP contribution in [0.5, 0.6) is 0 Å². The van der Waals surface area contributed by atoms with E-state index in [0.29, 0.717) is 6.54 Å². The first kappa shape index (κ1) is 16.4. The first-order chi connectivity index (χ1) is 8.67. The smallest absolute Gasteiger partial charge is 0.229 e. The summed E-state index contributed by atoms with van der Waals surface area (Å²) in [5.41, 5.74) is 5.05. The predicted octanol–water partition coefficient (Wildman–Crippen LogP) is -0.0984. The molecule has 7 heteroatoms. The summed E-state index contributed by atoms with van der Waals surface area (Å²) in [4.78, 5) is 14.2. The van der Waals surface area contributed by atoms with Gasteiger partial charge in [-0.25, -0.2) is 13.1 Å². The summed E-state index contributed by atoms with van der Waals surface area (Å²) < 4.78 is 24.8. The van der Waals surface area contributed by atoms with Crippen molar-refractivity contribution in [3.63, 3.8) is 0 Å². The van der Waals surface area contributed by atoms with Crippen molar-refractivity contribution in [3.05, 3.63) is 0 Å². The van der Waals surface area contributed by atoms with Crippen molar-refractivity contribution in [2.75, 3.05) is 25.9 Å². The second-order valence-electron chi connectivity index (χ2n) is 5.86. The molecule has 1 rings (SSSR count). The van der Waals surface area contributed by atoms with Crippen LogP contribution in [0.4, 0.5) is 0 Å². The summed E-state index contributed by atoms with van der Waals surface area (Å²) in [5.74, 6) is 0.00926. The van der Waals surface area contributed by atoms with Crippen molar-refractivity contribution in [3.8, 4) is 0 Å². The van der Waals surface area contributed by atoms with E-state index in [4.69, 9.17) is 5.73 Å². The number of likely N-dealkylation sites (tertiary alicyclic amines) is 1. The molecule has 1 unspecified atom stereocenters. The molecule has 0 bridgehead atoms. The van der Waals surface area contributed by atoms with E-state index < -0.39 is 15.4 Å². The molecule has 1 heterocycles. The van der Waals surface area contributed by atoms with Gasteiger partial charge in [0.1, 0.15) is 0 Å². The molecule has 0 aromatic carbocycles. The van der Waals surface area contributed by atoms with Gasteiger partial charge in [0.15, 0.2) is 0 Å². The van der Waals surface area contributed by atoms with E-state index in [9.17, 15) is 13.2 Å². The fourth-order valence-corrected chi connectivity index (χ4v) is 2.70. The van der Waals surface area contributed by atoms with Gasteiger partial charge in [-0.1, -0.05) is 0 Å². The van der Waals surface area contributed by atoms with Gasteiger partial charge in [-0.15, -0.1) is 0 Å². The maximum atomic E-state index is 12.5. The summed E-state index contributed by atoms with van der Waals surface area (Å²) in [5, 5.41) is 0. The third-order valence-corrected chi connectivity index (χ3v) is 4.25. The zero-order chi connectivity index (χ0) is 14.7. The van der Waals surface area contributed by atoms with Crippen molar-refractivity contribution in [1.29, 1.82) is 0 Å². The van der Waals surface area contributed by atoms with E-state index in [-0.39, 0.29) is 25.0 Å². The van der Waals surface area contributed by atoms with Crippen LogP contribution in [0.2, 0.25) is 0 Å². The summed E-state index contributed by atoms with van der Waals surface area (Å²) in [6, 6.07) is -0.0678. The SMILES string of the molecule is CC(C)(CN)C(=O)N1CCCCC1CNS(C)(=O)=O. The average Bonchev–Trinajstić information content (AvgIpc) is 2.35. The van der Waals surface area contributed by atoms with E-state index in [1.165, 1.54) is 0 Å². The Morgan fingerprint density at radius 3 is 2.58 bits per heavy atom. The maximum Gasteiger partial charge on any atom is 0.229 e. The molecule has 1 saturated heterocycles. The quantitative estimate of drug-likeness (QED) is 0.740. The molecule has 0 aliphatic carbocycles. The average molecular weight is 291 g/mol. The Morgan fingerprint density at radius 1 is 1.42 bits per heavy atom. The van der Waals surface area contributed by atoms with E-state index in [1.54, 1.807) is 4.90 Å². The van der Waals surface area contributed by atoms with Crippen LogP contribution < -0.4 is 10.5 Å². The van der Waals surface area contributed by atoms with Crippen LogP contribution in [-0.4, -0.2) is 51.2 Å². The van der Waals surface area contributed by atoms with Crippen LogP contribution in [0.25, 0.3) is 0 Å². The number of hydrogen-bond acceptors (Lipinski definition) is 4. The molecule has 1 fully saturated rings. The predicted molar refractivity (Wildman–Crippen MR) is 75.0 cm³/mol. The lowest BCUT2D eigenvalue weighted by Crippen LogP contribution is -2.54. The summed E-state index contributed by atoms with van der Waals surface area (Å²) >= 11 is 0. The molecule has 1 amide bonds. The zero-order valence-corrected chi connectivity index (χ0v) is 12.8. The molecule has 1 aliphatic heterocycles. The molecule has 112 valence electrons. The van der Waals surface area contributed by atoms with Crippen molar-refractivity contribution in [1.82, 2.24) is 9.62 Å². The Hall–Kier alpha value is -0.660. The maximum absolute atomic E-state index is 12.5. The normalized spacial score (nSPS) is 21.5. The van der Waals surface area contributed by atoms with Crippen LogP contribution >= 0.6 is 0 Å². The number of nitrogens with zero attached hydrogens (tertiary/aromatic N) is 1. The highest BCUT2D eigenvalue weighted by atomic mass is 32.2. The number of nitrogens with two attached hydrogens (primary N) is 1. The molecule has 19 heavy (non-hydrogen) atoms. The van der Waals surface area contributed by atoms with Crippen molar-refractivity contribution in [2.45, 2.75) is 39.2 Å². The van der Waals surface area contributed by atoms with Crippen molar-refractivity contribution >= 4 is 15.9 Å². The standard InChI is InChI=1S/C12H25N3O3S/c1-12(2,9-13)11(16)15-7-5-4-6-10(15)8-14-19(3,17)18/h10,14H,4-9,13H2,1-3H3. The lowest BCUT2D eigenvalue weighted by atomic mass is 9.89. The molecule has 3 N–H and O–H groups in total. The third kappa shape index (κ3) is 4.74. The number of hydrogen-bond donors (Lipinski definition) is 2. The molecule has 0 aromatic heterocycles. The van der Waals surface area contributed by atoms with Gasteiger partial charge >= 0.3 is 0 Å². The Bertz CT molecular complexity index is 420. The number of carbonyl (C=O) groups is 1. The highest BCUT2D eigenvalue weighted by Gasteiger charge is 2.35. The first-order valence-corrected chi connectivity index (χ1v) is 8.52. The van der Waals surface area contributed by atoms with Gasteiger partial charge in [0.2, 0.25) is 15.9 Å². The van der Waals surface area contributed by atoms with Crippen molar-refractivity contribution in [2.24, 2.45) is 11.1 Å². The molecule has 1 aliphatic rings. The zero-order valence-electron chi connectivity index (χ0n) is 12.0. The monoisotopic (exact) mass is 291 g/mol. The van der Waals surface area contributed by atoms with Gasteiger partial charge in [0.25, 0.3) is 0 Å². The number of nitrogens with one attached hydrogen (secondary N) is 1. The largest absolute Gasteiger partial charge is 0.338 e. The van der Waals surface area contributed by atoms with Gasteiger partial charge < -0.3 is 10.6 Å². The highest BCUT2D eigenvalue weighted by Crippen LogP contribution is 2.24. The number of piperidine rings is 1. The number of rotatable bonds is 5. The van der Waals surface area contributed by atoms with E-state index in [2.05, 4.69) is 4.72 Å². The van der Waals surface area contributed by atoms with Gasteiger partial charge in [0.05, 0.1) is 11.7 Å². The number of amides is 1. The minimum atomic E-state index is -3.23. The molecular formula is C12H25N3O3S. The Kier molecular flexibility index (Phi) is 5.34. The highest BCUT2D eigenvalue weighted by molar-refractivity contribution is 7.88. The van der Waals surface area contributed by atoms with Crippen LogP contribution in [0, 0.1) is 5.41 Å². The number of carbonyl (C=O) groups excluding carboxylic acids is 1. The lowest BCUT2D eigenvalue weighted by Gasteiger charge is -2.40. The molecule has 6 nitrogen and oxygen atoms in total. The molecule has 1 atom stereocenters. The van der Waals surface area contributed by atoms with Crippen LogP contribution in [0.3, 0.4) is 0 Å². The van der Waals surface area contributed by atoms with E-state index in [1.807, 2.05) is 13.8 Å². The van der Waals surface area contributed by atoms with E-state index >= 15 is 0 Å². The molecule has 0 saturated carbocycles.